The Morgan fingerprint density at radius 3 is 2.74 bits per heavy atom. The number of hydrogen-bond acceptors (Lipinski definition) is 6. The molecule has 1 fully saturated rings. The lowest BCUT2D eigenvalue weighted by Crippen LogP contribution is -2.22. The van der Waals surface area contributed by atoms with Crippen molar-refractivity contribution in [3.8, 4) is 0 Å². The maximum Gasteiger partial charge on any atom is 0.208 e. The van der Waals surface area contributed by atoms with Crippen molar-refractivity contribution in [2.75, 3.05) is 11.4 Å². The van der Waals surface area contributed by atoms with Crippen LogP contribution in [0.25, 0.3) is 10.2 Å². The highest BCUT2D eigenvalue weighted by Crippen LogP contribution is 2.40. The highest BCUT2D eigenvalue weighted by atomic mass is 32.1. The molecule has 0 aliphatic carbocycles. The van der Waals surface area contributed by atoms with Crippen LogP contribution in [0.1, 0.15) is 34.5 Å². The second-order valence-electron chi connectivity index (χ2n) is 6.65. The number of para-hydroxylation sites is 1. The Hall–Kier alpha value is -2.38. The first-order chi connectivity index (χ1) is 13.3. The number of benzene rings is 2. The molecule has 0 bridgehead atoms. The molecule has 0 radical (unpaired) electrons. The molecule has 2 aromatic carbocycles. The van der Waals surface area contributed by atoms with E-state index in [0.29, 0.717) is 6.42 Å². The van der Waals surface area contributed by atoms with Crippen LogP contribution in [0.3, 0.4) is 0 Å². The lowest BCUT2D eigenvalue weighted by molar-refractivity contribution is 0.627. The first-order valence-electron chi connectivity index (χ1n) is 8.95. The van der Waals surface area contributed by atoms with Gasteiger partial charge >= 0.3 is 0 Å². The van der Waals surface area contributed by atoms with Gasteiger partial charge < -0.3 is 4.90 Å². The van der Waals surface area contributed by atoms with Gasteiger partial charge in [0.2, 0.25) is 5.13 Å². The minimum Gasteiger partial charge on any atom is -0.337 e. The van der Waals surface area contributed by atoms with Gasteiger partial charge in [-0.15, -0.1) is 21.5 Å². The third-order valence-electron chi connectivity index (χ3n) is 4.82. The Balaban J connectivity index is 1.38. The molecule has 27 heavy (non-hydrogen) atoms. The first-order valence-corrected chi connectivity index (χ1v) is 10.6. The molecule has 3 heterocycles. The van der Waals surface area contributed by atoms with E-state index in [4.69, 9.17) is 4.98 Å². The number of aromatic nitrogens is 3. The molecule has 1 unspecified atom stereocenters. The molecule has 1 aliphatic heterocycles. The SMILES string of the molecule is Fc1ccc(Cc2nnc(N3CCCC3c3nc4ccccc4s3)s2)cc1. The van der Waals surface area contributed by atoms with E-state index < -0.39 is 0 Å². The monoisotopic (exact) mass is 396 g/mol. The minimum absolute atomic E-state index is 0.215. The molecule has 0 amide bonds. The maximum absolute atomic E-state index is 13.1. The molecule has 4 nitrogen and oxygen atoms in total. The van der Waals surface area contributed by atoms with Gasteiger partial charge in [-0.3, -0.25) is 0 Å². The van der Waals surface area contributed by atoms with Crippen LogP contribution in [0.5, 0.6) is 0 Å². The standard InChI is InChI=1S/C20H17FN4S2/c21-14-9-7-13(8-10-14)12-18-23-24-20(27-18)25-11-3-5-16(25)19-22-15-4-1-2-6-17(15)26-19/h1-2,4,6-10,16H,3,5,11-12H2. The molecule has 1 aliphatic rings. The number of rotatable bonds is 4. The second-order valence-corrected chi connectivity index (χ2v) is 8.76. The van der Waals surface area contributed by atoms with Crippen molar-refractivity contribution >= 4 is 38.0 Å². The van der Waals surface area contributed by atoms with Crippen molar-refractivity contribution in [1.29, 1.82) is 0 Å². The van der Waals surface area contributed by atoms with Crippen LogP contribution in [0, 0.1) is 5.82 Å². The molecule has 4 aromatic rings. The molecule has 1 atom stereocenters. The summed E-state index contributed by atoms with van der Waals surface area (Å²) in [5.74, 6) is -0.215. The summed E-state index contributed by atoms with van der Waals surface area (Å²) in [5.41, 5.74) is 2.11. The summed E-state index contributed by atoms with van der Waals surface area (Å²) in [4.78, 5) is 7.19. The van der Waals surface area contributed by atoms with Gasteiger partial charge in [0, 0.05) is 13.0 Å². The number of thiazole rings is 1. The largest absolute Gasteiger partial charge is 0.337 e. The van der Waals surface area contributed by atoms with Crippen molar-refractivity contribution < 1.29 is 4.39 Å². The van der Waals surface area contributed by atoms with E-state index in [9.17, 15) is 4.39 Å². The van der Waals surface area contributed by atoms with E-state index in [2.05, 4.69) is 33.3 Å². The van der Waals surface area contributed by atoms with Crippen molar-refractivity contribution in [3.05, 3.63) is 69.9 Å². The van der Waals surface area contributed by atoms with Gasteiger partial charge in [0.25, 0.3) is 0 Å². The average Bonchev–Trinajstić information content (AvgIpc) is 3.41. The summed E-state index contributed by atoms with van der Waals surface area (Å²) in [5, 5.41) is 11.9. The average molecular weight is 397 g/mol. The van der Waals surface area contributed by atoms with Crippen LogP contribution in [0.4, 0.5) is 9.52 Å². The maximum atomic E-state index is 13.1. The summed E-state index contributed by atoms with van der Waals surface area (Å²) >= 11 is 3.39. The van der Waals surface area contributed by atoms with E-state index in [1.165, 1.54) is 16.8 Å². The number of fused-ring (bicyclic) bond motifs is 1. The Labute approximate surface area is 164 Å². The minimum atomic E-state index is -0.215. The zero-order valence-corrected chi connectivity index (χ0v) is 16.1. The Bertz CT molecular complexity index is 1040. The highest BCUT2D eigenvalue weighted by Gasteiger charge is 2.31. The van der Waals surface area contributed by atoms with E-state index in [-0.39, 0.29) is 11.9 Å². The lowest BCUT2D eigenvalue weighted by Gasteiger charge is -2.21. The van der Waals surface area contributed by atoms with Crippen LogP contribution in [0.15, 0.2) is 48.5 Å². The van der Waals surface area contributed by atoms with Gasteiger partial charge in [-0.1, -0.05) is 35.6 Å². The number of nitrogens with zero attached hydrogens (tertiary/aromatic N) is 4. The van der Waals surface area contributed by atoms with E-state index in [0.717, 1.165) is 45.6 Å². The topological polar surface area (TPSA) is 41.9 Å². The Kier molecular flexibility index (Phi) is 4.33. The van der Waals surface area contributed by atoms with Crippen molar-refractivity contribution in [2.24, 2.45) is 0 Å². The molecule has 0 N–H and O–H groups in total. The molecule has 0 saturated carbocycles. The molecular formula is C20H17FN4S2. The van der Waals surface area contributed by atoms with Crippen LogP contribution in [0.2, 0.25) is 0 Å². The van der Waals surface area contributed by atoms with Gasteiger partial charge in [-0.25, -0.2) is 9.37 Å². The van der Waals surface area contributed by atoms with Gasteiger partial charge in [-0.05, 0) is 42.7 Å². The summed E-state index contributed by atoms with van der Waals surface area (Å²) < 4.78 is 14.3. The molecule has 7 heteroatoms. The fourth-order valence-electron chi connectivity index (χ4n) is 3.49. The van der Waals surface area contributed by atoms with Crippen LogP contribution < -0.4 is 4.90 Å². The summed E-state index contributed by atoms with van der Waals surface area (Å²) in [6, 6.07) is 15.1. The zero-order chi connectivity index (χ0) is 18.2. The smallest absolute Gasteiger partial charge is 0.208 e. The van der Waals surface area contributed by atoms with E-state index >= 15 is 0 Å². The van der Waals surface area contributed by atoms with Gasteiger partial charge in [0.15, 0.2) is 0 Å². The fourth-order valence-corrected chi connectivity index (χ4v) is 5.56. The molecule has 1 saturated heterocycles. The molecule has 0 spiro atoms. The fraction of sp³-hybridized carbons (Fsp3) is 0.250. The lowest BCUT2D eigenvalue weighted by atomic mass is 10.2. The normalized spacial score (nSPS) is 17.1. The van der Waals surface area contributed by atoms with Crippen molar-refractivity contribution in [1.82, 2.24) is 15.2 Å². The summed E-state index contributed by atoms with van der Waals surface area (Å²) in [6.07, 6.45) is 2.90. The molecule has 5 rings (SSSR count). The van der Waals surface area contributed by atoms with E-state index in [1.54, 1.807) is 34.8 Å². The third-order valence-corrected chi connectivity index (χ3v) is 6.92. The predicted molar refractivity (Wildman–Crippen MR) is 108 cm³/mol. The first kappa shape index (κ1) is 16.8. The predicted octanol–water partition coefficient (Wildman–Crippen LogP) is 5.22. The van der Waals surface area contributed by atoms with Crippen LogP contribution in [-0.4, -0.2) is 21.7 Å². The van der Waals surface area contributed by atoms with Gasteiger partial charge in [0.1, 0.15) is 15.8 Å². The molecular weight excluding hydrogens is 379 g/mol. The van der Waals surface area contributed by atoms with Crippen molar-refractivity contribution in [3.63, 3.8) is 0 Å². The highest BCUT2D eigenvalue weighted by molar-refractivity contribution is 7.18. The van der Waals surface area contributed by atoms with E-state index in [1.807, 2.05) is 6.07 Å². The molecule has 2 aromatic heterocycles. The zero-order valence-electron chi connectivity index (χ0n) is 14.5. The third kappa shape index (κ3) is 3.33. The van der Waals surface area contributed by atoms with Crippen molar-refractivity contribution in [2.45, 2.75) is 25.3 Å². The Morgan fingerprint density at radius 1 is 1.04 bits per heavy atom. The van der Waals surface area contributed by atoms with Crippen LogP contribution >= 0.6 is 22.7 Å². The number of hydrogen-bond donors (Lipinski definition) is 0. The van der Waals surface area contributed by atoms with Gasteiger partial charge in [-0.2, -0.15) is 0 Å². The summed E-state index contributed by atoms with van der Waals surface area (Å²) in [6.45, 7) is 0.978. The number of anilines is 1. The molecule has 136 valence electrons. The quantitative estimate of drug-likeness (QED) is 0.474. The second kappa shape index (κ2) is 6.98. The number of halogens is 1. The van der Waals surface area contributed by atoms with Gasteiger partial charge in [0.05, 0.1) is 16.3 Å². The Morgan fingerprint density at radius 2 is 1.89 bits per heavy atom. The van der Waals surface area contributed by atoms with Crippen LogP contribution in [-0.2, 0) is 6.42 Å². The summed E-state index contributed by atoms with van der Waals surface area (Å²) in [7, 11) is 0.